The Morgan fingerprint density at radius 1 is 1.26 bits per heavy atom. The zero-order valence-electron chi connectivity index (χ0n) is 11.3. The van der Waals surface area contributed by atoms with E-state index in [1.807, 2.05) is 31.4 Å². The molecule has 2 aromatic rings. The molecular formula is C15H19N3O. The highest BCUT2D eigenvalue weighted by molar-refractivity contribution is 5.45. The van der Waals surface area contributed by atoms with Crippen LogP contribution in [0.2, 0.25) is 0 Å². The molecule has 1 unspecified atom stereocenters. The molecule has 2 rings (SSSR count). The van der Waals surface area contributed by atoms with Crippen molar-refractivity contribution in [2.24, 2.45) is 0 Å². The van der Waals surface area contributed by atoms with Crippen molar-refractivity contribution in [2.75, 3.05) is 19.9 Å². The third-order valence-electron chi connectivity index (χ3n) is 3.23. The maximum atomic E-state index is 5.96. The Labute approximate surface area is 113 Å². The molecule has 1 aromatic heterocycles. The predicted molar refractivity (Wildman–Crippen MR) is 77.1 cm³/mol. The van der Waals surface area contributed by atoms with Gasteiger partial charge in [0.2, 0.25) is 0 Å². The van der Waals surface area contributed by atoms with Gasteiger partial charge in [0, 0.05) is 24.1 Å². The fourth-order valence-electron chi connectivity index (χ4n) is 2.05. The molecule has 1 aromatic carbocycles. The highest BCUT2D eigenvalue weighted by Crippen LogP contribution is 2.22. The van der Waals surface area contributed by atoms with Gasteiger partial charge in [-0.25, -0.2) is 0 Å². The van der Waals surface area contributed by atoms with Crippen molar-refractivity contribution < 1.29 is 4.74 Å². The van der Waals surface area contributed by atoms with Gasteiger partial charge in [0.15, 0.2) is 0 Å². The Morgan fingerprint density at radius 2 is 2.00 bits per heavy atom. The van der Waals surface area contributed by atoms with Gasteiger partial charge < -0.3 is 15.8 Å². The number of rotatable bonds is 5. The molecular weight excluding hydrogens is 238 g/mol. The van der Waals surface area contributed by atoms with Crippen LogP contribution < -0.4 is 15.8 Å². The lowest BCUT2D eigenvalue weighted by molar-refractivity contribution is 0.414. The second kappa shape index (κ2) is 6.20. The first kappa shape index (κ1) is 13.4. The van der Waals surface area contributed by atoms with Crippen LogP contribution in [0.5, 0.6) is 5.75 Å². The molecule has 1 atom stereocenters. The van der Waals surface area contributed by atoms with Crippen LogP contribution >= 0.6 is 0 Å². The summed E-state index contributed by atoms with van der Waals surface area (Å²) >= 11 is 0. The fourth-order valence-corrected chi connectivity index (χ4v) is 2.05. The minimum absolute atomic E-state index is 0.206. The van der Waals surface area contributed by atoms with Gasteiger partial charge in [-0.15, -0.1) is 0 Å². The van der Waals surface area contributed by atoms with Crippen LogP contribution in [-0.4, -0.2) is 19.1 Å². The van der Waals surface area contributed by atoms with Crippen molar-refractivity contribution >= 4 is 5.69 Å². The summed E-state index contributed by atoms with van der Waals surface area (Å²) in [5.41, 5.74) is 8.99. The summed E-state index contributed by atoms with van der Waals surface area (Å²) in [5.74, 6) is 0.861. The van der Waals surface area contributed by atoms with Crippen molar-refractivity contribution in [1.29, 1.82) is 0 Å². The Hall–Kier alpha value is -2.07. The summed E-state index contributed by atoms with van der Waals surface area (Å²) in [7, 11) is 3.61. The Bertz CT molecular complexity index is 525. The first-order valence-corrected chi connectivity index (χ1v) is 6.24. The van der Waals surface area contributed by atoms with E-state index in [-0.39, 0.29) is 6.04 Å². The summed E-state index contributed by atoms with van der Waals surface area (Å²) in [6.45, 7) is 0. The molecule has 0 aliphatic heterocycles. The Morgan fingerprint density at radius 3 is 2.58 bits per heavy atom. The Balaban J connectivity index is 2.17. The summed E-state index contributed by atoms with van der Waals surface area (Å²) in [6.07, 6.45) is 4.34. The normalized spacial score (nSPS) is 12.1. The van der Waals surface area contributed by atoms with Gasteiger partial charge >= 0.3 is 0 Å². The van der Waals surface area contributed by atoms with Gasteiger partial charge in [0.05, 0.1) is 7.11 Å². The maximum Gasteiger partial charge on any atom is 0.118 e. The molecule has 0 saturated heterocycles. The van der Waals surface area contributed by atoms with E-state index in [2.05, 4.69) is 22.4 Å². The number of benzene rings is 1. The van der Waals surface area contributed by atoms with Gasteiger partial charge in [-0.2, -0.15) is 0 Å². The van der Waals surface area contributed by atoms with Crippen LogP contribution in [0.25, 0.3) is 0 Å². The van der Waals surface area contributed by atoms with Gasteiger partial charge in [0.1, 0.15) is 5.75 Å². The number of nitrogen functional groups attached to an aromatic ring is 1. The number of methoxy groups -OCH3 is 1. The number of anilines is 1. The SMILES string of the molecule is CNC(Cc1cnccc1N)c1ccc(OC)cc1. The van der Waals surface area contributed by atoms with Crippen LogP contribution in [0.15, 0.2) is 42.7 Å². The number of pyridine rings is 1. The second-order valence-corrected chi connectivity index (χ2v) is 4.39. The van der Waals surface area contributed by atoms with Crippen LogP contribution in [0.3, 0.4) is 0 Å². The highest BCUT2D eigenvalue weighted by Gasteiger charge is 2.12. The predicted octanol–water partition coefficient (Wildman–Crippen LogP) is 2.18. The van der Waals surface area contributed by atoms with E-state index in [4.69, 9.17) is 10.5 Å². The molecule has 4 nitrogen and oxygen atoms in total. The molecule has 0 saturated carbocycles. The first-order valence-electron chi connectivity index (χ1n) is 6.24. The van der Waals surface area contributed by atoms with Crippen molar-refractivity contribution in [3.8, 4) is 5.75 Å². The molecule has 19 heavy (non-hydrogen) atoms. The van der Waals surface area contributed by atoms with E-state index in [9.17, 15) is 0 Å². The molecule has 1 heterocycles. The third-order valence-corrected chi connectivity index (χ3v) is 3.23. The number of likely N-dealkylation sites (N-methyl/N-ethyl adjacent to an activating group) is 1. The number of ether oxygens (including phenoxy) is 1. The Kier molecular flexibility index (Phi) is 4.36. The topological polar surface area (TPSA) is 60.2 Å². The molecule has 0 fully saturated rings. The van der Waals surface area contributed by atoms with Crippen molar-refractivity contribution in [3.05, 3.63) is 53.9 Å². The molecule has 100 valence electrons. The van der Waals surface area contributed by atoms with Crippen molar-refractivity contribution in [3.63, 3.8) is 0 Å². The first-order chi connectivity index (χ1) is 9.24. The average molecular weight is 257 g/mol. The van der Waals surface area contributed by atoms with Gasteiger partial charge in [-0.3, -0.25) is 4.98 Å². The summed E-state index contributed by atoms with van der Waals surface area (Å²) < 4.78 is 5.17. The van der Waals surface area contributed by atoms with E-state index < -0.39 is 0 Å². The fraction of sp³-hybridized carbons (Fsp3) is 0.267. The number of nitrogens with one attached hydrogen (secondary N) is 1. The molecule has 0 aliphatic rings. The van der Waals surface area contributed by atoms with Crippen LogP contribution in [0.4, 0.5) is 5.69 Å². The summed E-state index contributed by atoms with van der Waals surface area (Å²) in [4.78, 5) is 4.13. The van der Waals surface area contributed by atoms with Gasteiger partial charge in [-0.05, 0) is 42.8 Å². The monoisotopic (exact) mass is 257 g/mol. The molecule has 0 bridgehead atoms. The van der Waals surface area contributed by atoms with Crippen LogP contribution in [0.1, 0.15) is 17.2 Å². The van der Waals surface area contributed by atoms with Crippen molar-refractivity contribution in [1.82, 2.24) is 10.3 Å². The number of nitrogens with zero attached hydrogens (tertiary/aromatic N) is 1. The van der Waals surface area contributed by atoms with E-state index in [1.54, 1.807) is 13.3 Å². The largest absolute Gasteiger partial charge is 0.497 e. The molecule has 0 aliphatic carbocycles. The van der Waals surface area contributed by atoms with Gasteiger partial charge in [0.25, 0.3) is 0 Å². The second-order valence-electron chi connectivity index (χ2n) is 4.39. The smallest absolute Gasteiger partial charge is 0.118 e. The standard InChI is InChI=1S/C15H19N3O/c1-17-15(9-12-10-18-8-7-14(12)16)11-3-5-13(19-2)6-4-11/h3-8,10,15,17H,9H2,1-2H3,(H2,16,18). The number of hydrogen-bond acceptors (Lipinski definition) is 4. The number of hydrogen-bond donors (Lipinski definition) is 2. The number of aromatic nitrogens is 1. The summed E-state index contributed by atoms with van der Waals surface area (Å²) in [6, 6.07) is 10.1. The van der Waals surface area contributed by atoms with Crippen molar-refractivity contribution in [2.45, 2.75) is 12.5 Å². The summed E-state index contributed by atoms with van der Waals surface area (Å²) in [5, 5.41) is 3.31. The van der Waals surface area contributed by atoms with E-state index in [0.717, 1.165) is 23.4 Å². The third kappa shape index (κ3) is 3.23. The molecule has 0 spiro atoms. The highest BCUT2D eigenvalue weighted by atomic mass is 16.5. The van der Waals surface area contributed by atoms with E-state index in [1.165, 1.54) is 5.56 Å². The molecule has 3 N–H and O–H groups in total. The van der Waals surface area contributed by atoms with Crippen LogP contribution in [-0.2, 0) is 6.42 Å². The lowest BCUT2D eigenvalue weighted by atomic mass is 9.99. The van der Waals surface area contributed by atoms with E-state index >= 15 is 0 Å². The minimum atomic E-state index is 0.206. The molecule has 4 heteroatoms. The zero-order chi connectivity index (χ0) is 13.7. The average Bonchev–Trinajstić information content (AvgIpc) is 2.47. The lowest BCUT2D eigenvalue weighted by Crippen LogP contribution is -2.19. The van der Waals surface area contributed by atoms with Gasteiger partial charge in [-0.1, -0.05) is 12.1 Å². The van der Waals surface area contributed by atoms with Crippen LogP contribution in [0, 0.1) is 0 Å². The maximum absolute atomic E-state index is 5.96. The molecule has 0 amide bonds. The van der Waals surface area contributed by atoms with E-state index in [0.29, 0.717) is 0 Å². The number of nitrogens with two attached hydrogens (primary N) is 1. The zero-order valence-corrected chi connectivity index (χ0v) is 11.3. The quantitative estimate of drug-likeness (QED) is 0.862. The lowest BCUT2D eigenvalue weighted by Gasteiger charge is -2.18. The molecule has 0 radical (unpaired) electrons. The minimum Gasteiger partial charge on any atom is -0.497 e.